The van der Waals surface area contributed by atoms with E-state index in [0.717, 1.165) is 37.2 Å². The third-order valence-electron chi connectivity index (χ3n) is 6.96. The van der Waals surface area contributed by atoms with Gasteiger partial charge in [0.1, 0.15) is 5.82 Å². The molecule has 0 aromatic carbocycles. The van der Waals surface area contributed by atoms with Crippen LogP contribution in [0.15, 0.2) is 0 Å². The van der Waals surface area contributed by atoms with Crippen LogP contribution >= 0.6 is 0 Å². The summed E-state index contributed by atoms with van der Waals surface area (Å²) in [7, 11) is 0. The number of aromatic nitrogens is 2. The van der Waals surface area contributed by atoms with Gasteiger partial charge in [0.25, 0.3) is 0 Å². The minimum atomic E-state index is 0.484. The maximum atomic E-state index is 6.15. The molecule has 2 saturated heterocycles. The summed E-state index contributed by atoms with van der Waals surface area (Å²) in [6, 6.07) is 0.636. The first kappa shape index (κ1) is 14.9. The Morgan fingerprint density at radius 3 is 2.75 bits per heavy atom. The van der Waals surface area contributed by atoms with Crippen molar-refractivity contribution in [2.45, 2.75) is 63.3 Å². The minimum Gasteiger partial charge on any atom is -0.368 e. The Kier molecular flexibility index (Phi) is 3.65. The summed E-state index contributed by atoms with van der Waals surface area (Å²) in [5.41, 5.74) is 8.88. The maximum Gasteiger partial charge on any atom is 0.222 e. The van der Waals surface area contributed by atoms with E-state index in [1.165, 1.54) is 62.7 Å². The number of fused-ring (bicyclic) bond motifs is 4. The van der Waals surface area contributed by atoms with Crippen molar-refractivity contribution in [2.24, 2.45) is 11.8 Å². The average molecular weight is 327 g/mol. The Hall–Kier alpha value is -1.36. The second kappa shape index (κ2) is 5.87. The van der Waals surface area contributed by atoms with Crippen molar-refractivity contribution in [3.8, 4) is 0 Å². The fraction of sp³-hybridized carbons (Fsp3) is 0.789. The van der Waals surface area contributed by atoms with Crippen molar-refractivity contribution in [3.05, 3.63) is 11.3 Å². The summed E-state index contributed by atoms with van der Waals surface area (Å²) in [6.45, 7) is 3.39. The summed E-state index contributed by atoms with van der Waals surface area (Å²) >= 11 is 0. The van der Waals surface area contributed by atoms with Crippen LogP contribution in [0.5, 0.6) is 0 Å². The molecule has 3 N–H and O–H groups in total. The highest BCUT2D eigenvalue weighted by molar-refractivity contribution is 5.55. The molecule has 4 aliphatic rings. The number of nitrogen functional groups attached to an aromatic ring is 1. The molecule has 1 aromatic rings. The highest BCUT2D eigenvalue weighted by Gasteiger charge is 2.39. The second-order valence-electron chi connectivity index (χ2n) is 8.33. The lowest BCUT2D eigenvalue weighted by atomic mass is 9.70. The van der Waals surface area contributed by atoms with Gasteiger partial charge in [-0.05, 0) is 56.9 Å². The predicted molar refractivity (Wildman–Crippen MR) is 96.2 cm³/mol. The largest absolute Gasteiger partial charge is 0.368 e. The molecule has 1 saturated carbocycles. The van der Waals surface area contributed by atoms with E-state index in [4.69, 9.17) is 15.7 Å². The van der Waals surface area contributed by atoms with Crippen LogP contribution in [-0.4, -0.2) is 35.6 Å². The van der Waals surface area contributed by atoms with Crippen molar-refractivity contribution in [1.29, 1.82) is 0 Å². The molecular weight excluding hydrogens is 298 g/mol. The highest BCUT2D eigenvalue weighted by Crippen LogP contribution is 2.46. The standard InChI is InChI=1S/C19H29N5/c20-19-22-17-14-6-2-1-4-12(14)7-8-15(17)18(23-19)24-10-13-5-3-9-21-16(13)11-24/h12-14,16,21H,1-11H2,(H2,20,22,23)/t12-,13?,14+,16?/m1/s1. The molecule has 24 heavy (non-hydrogen) atoms. The van der Waals surface area contributed by atoms with Gasteiger partial charge in [0.05, 0.1) is 5.69 Å². The number of rotatable bonds is 1. The van der Waals surface area contributed by atoms with E-state index < -0.39 is 0 Å². The zero-order valence-corrected chi connectivity index (χ0v) is 14.5. The Balaban J connectivity index is 1.50. The maximum absolute atomic E-state index is 6.15. The van der Waals surface area contributed by atoms with E-state index in [1.54, 1.807) is 0 Å². The van der Waals surface area contributed by atoms with Crippen molar-refractivity contribution in [3.63, 3.8) is 0 Å². The van der Waals surface area contributed by atoms with E-state index >= 15 is 0 Å². The molecular formula is C19H29N5. The van der Waals surface area contributed by atoms with Crippen LogP contribution in [0, 0.1) is 11.8 Å². The molecule has 2 aliphatic heterocycles. The zero-order chi connectivity index (χ0) is 16.1. The van der Waals surface area contributed by atoms with Crippen LogP contribution in [0.1, 0.15) is 62.1 Å². The van der Waals surface area contributed by atoms with Crippen LogP contribution in [0.25, 0.3) is 0 Å². The number of piperidine rings is 1. The summed E-state index contributed by atoms with van der Waals surface area (Å²) in [6.07, 6.45) is 10.5. The smallest absolute Gasteiger partial charge is 0.222 e. The predicted octanol–water partition coefficient (Wildman–Crippen LogP) is 2.47. The molecule has 1 aromatic heterocycles. The molecule has 130 valence electrons. The number of anilines is 2. The summed E-state index contributed by atoms with van der Waals surface area (Å²) < 4.78 is 0. The molecule has 2 aliphatic carbocycles. The van der Waals surface area contributed by atoms with Crippen LogP contribution in [0.3, 0.4) is 0 Å². The molecule has 0 bridgehead atoms. The minimum absolute atomic E-state index is 0.484. The molecule has 5 nitrogen and oxygen atoms in total. The van der Waals surface area contributed by atoms with Crippen molar-refractivity contribution in [1.82, 2.24) is 15.3 Å². The van der Waals surface area contributed by atoms with E-state index in [9.17, 15) is 0 Å². The van der Waals surface area contributed by atoms with E-state index in [-0.39, 0.29) is 0 Å². The van der Waals surface area contributed by atoms with Gasteiger partial charge in [-0.2, -0.15) is 4.98 Å². The first-order chi connectivity index (χ1) is 11.8. The molecule has 0 spiro atoms. The lowest BCUT2D eigenvalue weighted by Gasteiger charge is -2.37. The average Bonchev–Trinajstić information content (AvgIpc) is 3.05. The van der Waals surface area contributed by atoms with Crippen LogP contribution in [0.2, 0.25) is 0 Å². The third-order valence-corrected chi connectivity index (χ3v) is 6.96. The molecule has 3 fully saturated rings. The van der Waals surface area contributed by atoms with Gasteiger partial charge in [0.15, 0.2) is 0 Å². The van der Waals surface area contributed by atoms with Gasteiger partial charge in [-0.15, -0.1) is 0 Å². The quantitative estimate of drug-likeness (QED) is 0.829. The summed E-state index contributed by atoms with van der Waals surface area (Å²) in [4.78, 5) is 12.0. The molecule has 2 unspecified atom stereocenters. The van der Waals surface area contributed by atoms with Crippen molar-refractivity contribution < 1.29 is 0 Å². The van der Waals surface area contributed by atoms with Gasteiger partial charge in [0.2, 0.25) is 5.95 Å². The number of nitrogens with two attached hydrogens (primary N) is 1. The Labute approximate surface area is 144 Å². The number of hydrogen-bond acceptors (Lipinski definition) is 5. The fourth-order valence-electron chi connectivity index (χ4n) is 5.78. The topological polar surface area (TPSA) is 67.1 Å². The van der Waals surface area contributed by atoms with Crippen molar-refractivity contribution >= 4 is 11.8 Å². The lowest BCUT2D eigenvalue weighted by molar-refractivity contribution is 0.270. The van der Waals surface area contributed by atoms with Gasteiger partial charge in [-0.3, -0.25) is 0 Å². The van der Waals surface area contributed by atoms with Crippen LogP contribution in [0.4, 0.5) is 11.8 Å². The van der Waals surface area contributed by atoms with Gasteiger partial charge in [-0.1, -0.05) is 12.8 Å². The molecule has 3 heterocycles. The first-order valence-electron chi connectivity index (χ1n) is 9.94. The molecule has 4 atom stereocenters. The lowest BCUT2D eigenvalue weighted by Crippen LogP contribution is -2.40. The van der Waals surface area contributed by atoms with Gasteiger partial charge in [-0.25, -0.2) is 4.98 Å². The number of nitrogens with one attached hydrogen (secondary N) is 1. The van der Waals surface area contributed by atoms with E-state index in [2.05, 4.69) is 10.2 Å². The normalized spacial score (nSPS) is 35.2. The second-order valence-corrected chi connectivity index (χ2v) is 8.33. The molecule has 5 heteroatoms. The molecule has 0 amide bonds. The zero-order valence-electron chi connectivity index (χ0n) is 14.5. The van der Waals surface area contributed by atoms with E-state index in [1.807, 2.05) is 0 Å². The monoisotopic (exact) mass is 327 g/mol. The SMILES string of the molecule is Nc1nc2c(c(N3CC4CCCNC4C3)n1)CC[C@H]1CCCC[C@H]21. The summed E-state index contributed by atoms with van der Waals surface area (Å²) in [5.74, 6) is 3.89. The molecule has 0 radical (unpaired) electrons. The summed E-state index contributed by atoms with van der Waals surface area (Å²) in [5, 5.41) is 3.70. The number of hydrogen-bond donors (Lipinski definition) is 2. The number of nitrogens with zero attached hydrogens (tertiary/aromatic N) is 3. The van der Waals surface area contributed by atoms with Gasteiger partial charge >= 0.3 is 0 Å². The van der Waals surface area contributed by atoms with Gasteiger partial charge in [0, 0.05) is 30.6 Å². The Bertz CT molecular complexity index is 616. The third kappa shape index (κ3) is 2.40. The first-order valence-corrected chi connectivity index (χ1v) is 9.94. The molecule has 5 rings (SSSR count). The van der Waals surface area contributed by atoms with Crippen LogP contribution < -0.4 is 16.0 Å². The van der Waals surface area contributed by atoms with Gasteiger partial charge < -0.3 is 16.0 Å². The highest BCUT2D eigenvalue weighted by atomic mass is 15.3. The fourth-order valence-corrected chi connectivity index (χ4v) is 5.78. The Morgan fingerprint density at radius 1 is 0.958 bits per heavy atom. The van der Waals surface area contributed by atoms with Crippen LogP contribution in [-0.2, 0) is 6.42 Å². The van der Waals surface area contributed by atoms with Crippen molar-refractivity contribution in [2.75, 3.05) is 30.3 Å². The Morgan fingerprint density at radius 2 is 1.83 bits per heavy atom. The van der Waals surface area contributed by atoms with E-state index in [0.29, 0.717) is 17.9 Å².